The molecule has 6 aromatic carbocycles. The average molecular weight is 617 g/mol. The lowest BCUT2D eigenvalue weighted by Gasteiger charge is -2.13. The second-order valence-corrected chi connectivity index (χ2v) is 13.1. The van der Waals surface area contributed by atoms with Crippen molar-refractivity contribution in [3.8, 4) is 17.4 Å². The summed E-state index contributed by atoms with van der Waals surface area (Å²) in [7, 11) is 0. The minimum atomic E-state index is 0.670. The molecule has 4 nitrogen and oxygen atoms in total. The van der Waals surface area contributed by atoms with Crippen molar-refractivity contribution in [2.24, 2.45) is 4.99 Å². The molecule has 10 rings (SSSR count). The van der Waals surface area contributed by atoms with Crippen molar-refractivity contribution < 1.29 is 0 Å². The van der Waals surface area contributed by atoms with E-state index in [0.717, 1.165) is 43.8 Å². The number of aliphatic imine (C=N–C) groups is 1. The Labute approximate surface area is 275 Å². The Morgan fingerprint density at radius 2 is 1.26 bits per heavy atom. The van der Waals surface area contributed by atoms with Crippen LogP contribution in [0.4, 0.5) is 5.69 Å². The molecule has 0 atom stereocenters. The first-order chi connectivity index (χ1) is 23.2. The lowest BCUT2D eigenvalue weighted by Crippen LogP contribution is -2.06. The monoisotopic (exact) mass is 616 g/mol. The predicted molar refractivity (Wildman–Crippen MR) is 193 cm³/mol. The molecule has 0 radical (unpaired) electrons. The molecule has 3 heterocycles. The van der Waals surface area contributed by atoms with Crippen LogP contribution < -0.4 is 0 Å². The van der Waals surface area contributed by atoms with Crippen LogP contribution in [0.1, 0.15) is 22.4 Å². The number of fused-ring (bicyclic) bond motifs is 10. The summed E-state index contributed by atoms with van der Waals surface area (Å²) in [5, 5.41) is 12.9. The number of allylic oxidation sites excluding steroid dienone is 1. The molecule has 218 valence electrons. The Morgan fingerprint density at radius 1 is 0.574 bits per heavy atom. The summed E-state index contributed by atoms with van der Waals surface area (Å²) in [6.07, 6.45) is 2.34. The van der Waals surface area contributed by atoms with Gasteiger partial charge in [-0.15, -0.1) is 0 Å². The van der Waals surface area contributed by atoms with Crippen LogP contribution in [-0.2, 0) is 0 Å². The highest BCUT2D eigenvalue weighted by molar-refractivity contribution is 7.99. The SMILES string of the molecule is N#Cc1ccc(Sc2ccc(-n3c4c(c5cc6c7ccccc7n(-c7ccccc7)c6cc53)C=C3C4=Nc4ccccc43)cc2)cc1. The molecule has 47 heavy (non-hydrogen) atoms. The second kappa shape index (κ2) is 9.95. The molecule has 1 aliphatic carbocycles. The van der Waals surface area contributed by atoms with Crippen LogP contribution in [0.3, 0.4) is 0 Å². The first-order valence-corrected chi connectivity index (χ1v) is 16.4. The third-order valence-electron chi connectivity index (χ3n) is 9.32. The Balaban J connectivity index is 1.21. The van der Waals surface area contributed by atoms with Crippen molar-refractivity contribution in [3.63, 3.8) is 0 Å². The van der Waals surface area contributed by atoms with Crippen molar-refractivity contribution >= 4 is 67.5 Å². The highest BCUT2D eigenvalue weighted by atomic mass is 32.2. The summed E-state index contributed by atoms with van der Waals surface area (Å²) in [6.45, 7) is 0. The van der Waals surface area contributed by atoms with E-state index in [-0.39, 0.29) is 0 Å². The van der Waals surface area contributed by atoms with Gasteiger partial charge < -0.3 is 9.13 Å². The van der Waals surface area contributed by atoms with E-state index in [2.05, 4.69) is 137 Å². The van der Waals surface area contributed by atoms with Crippen LogP contribution in [0, 0.1) is 11.3 Å². The fraction of sp³-hybridized carbons (Fsp3) is 0. The standard InChI is InChI=1S/C42H24N4S/c43-25-26-14-18-29(19-15-26)47-30-20-16-28(17-21-30)46-40-24-39-33(32-11-5-7-13-38(32)45(39)27-8-2-1-3-9-27)22-34(40)36-23-35-31-10-4-6-12-37(31)44-41(35)42(36)46/h1-24H. The molecule has 0 bridgehead atoms. The Bertz CT molecular complexity index is 2680. The van der Waals surface area contributed by atoms with Crippen molar-refractivity contribution in [1.29, 1.82) is 5.26 Å². The van der Waals surface area contributed by atoms with Crippen LogP contribution in [0.5, 0.6) is 0 Å². The molecule has 1 aliphatic heterocycles. The normalized spacial score (nSPS) is 13.0. The molecule has 0 unspecified atom stereocenters. The molecule has 8 aromatic rings. The van der Waals surface area contributed by atoms with Gasteiger partial charge >= 0.3 is 0 Å². The minimum Gasteiger partial charge on any atom is -0.309 e. The topological polar surface area (TPSA) is 46.0 Å². The van der Waals surface area contributed by atoms with Crippen LogP contribution >= 0.6 is 11.8 Å². The zero-order chi connectivity index (χ0) is 31.1. The highest BCUT2D eigenvalue weighted by Crippen LogP contribution is 2.48. The predicted octanol–water partition coefficient (Wildman–Crippen LogP) is 10.7. The average Bonchev–Trinajstić information content (AvgIpc) is 3.84. The third kappa shape index (κ3) is 3.86. The van der Waals surface area contributed by atoms with E-state index in [1.165, 1.54) is 43.9 Å². The number of nitrogens with zero attached hydrogens (tertiary/aromatic N) is 4. The first-order valence-electron chi connectivity index (χ1n) is 15.6. The molecular weight excluding hydrogens is 593 g/mol. The molecule has 0 N–H and O–H groups in total. The smallest absolute Gasteiger partial charge is 0.0991 e. The van der Waals surface area contributed by atoms with Crippen molar-refractivity contribution in [2.75, 3.05) is 0 Å². The van der Waals surface area contributed by atoms with E-state index < -0.39 is 0 Å². The number of nitriles is 1. The van der Waals surface area contributed by atoms with Gasteiger partial charge in [0.15, 0.2) is 0 Å². The van der Waals surface area contributed by atoms with Gasteiger partial charge in [0.05, 0.1) is 45.3 Å². The minimum absolute atomic E-state index is 0.670. The maximum absolute atomic E-state index is 9.18. The van der Waals surface area contributed by atoms with E-state index in [9.17, 15) is 5.26 Å². The van der Waals surface area contributed by atoms with Gasteiger partial charge in [0.25, 0.3) is 0 Å². The molecule has 0 amide bonds. The zero-order valence-corrected chi connectivity index (χ0v) is 25.9. The maximum Gasteiger partial charge on any atom is 0.0991 e. The summed E-state index contributed by atoms with van der Waals surface area (Å²) in [4.78, 5) is 7.44. The van der Waals surface area contributed by atoms with Gasteiger partial charge in [0.1, 0.15) is 0 Å². The summed E-state index contributed by atoms with van der Waals surface area (Å²) in [5.74, 6) is 0. The van der Waals surface area contributed by atoms with Gasteiger partial charge in [-0.1, -0.05) is 66.4 Å². The number of para-hydroxylation sites is 3. The van der Waals surface area contributed by atoms with E-state index >= 15 is 0 Å². The summed E-state index contributed by atoms with van der Waals surface area (Å²) in [6, 6.07) is 51.3. The van der Waals surface area contributed by atoms with Crippen LogP contribution in [-0.4, -0.2) is 14.8 Å². The van der Waals surface area contributed by atoms with E-state index in [0.29, 0.717) is 5.56 Å². The molecule has 0 saturated heterocycles. The molecule has 5 heteroatoms. The Kier molecular flexibility index (Phi) is 5.54. The Morgan fingerprint density at radius 3 is 2.06 bits per heavy atom. The highest BCUT2D eigenvalue weighted by Gasteiger charge is 2.34. The quantitative estimate of drug-likeness (QED) is 0.197. The molecular formula is C42H24N4S. The maximum atomic E-state index is 9.18. The van der Waals surface area contributed by atoms with Gasteiger partial charge in [-0.25, -0.2) is 4.99 Å². The van der Waals surface area contributed by atoms with E-state index in [1.54, 1.807) is 11.8 Å². The molecule has 2 aliphatic rings. The third-order valence-corrected chi connectivity index (χ3v) is 10.3. The number of aromatic nitrogens is 2. The van der Waals surface area contributed by atoms with E-state index in [1.807, 2.05) is 24.3 Å². The molecule has 0 saturated carbocycles. The van der Waals surface area contributed by atoms with Crippen LogP contribution in [0.2, 0.25) is 0 Å². The van der Waals surface area contributed by atoms with Crippen molar-refractivity contribution in [2.45, 2.75) is 9.79 Å². The number of hydrogen-bond acceptors (Lipinski definition) is 3. The fourth-order valence-electron chi connectivity index (χ4n) is 7.25. The van der Waals surface area contributed by atoms with E-state index in [4.69, 9.17) is 4.99 Å². The number of benzene rings is 6. The summed E-state index contributed by atoms with van der Waals surface area (Å²) < 4.78 is 4.79. The summed E-state index contributed by atoms with van der Waals surface area (Å²) >= 11 is 1.70. The zero-order valence-electron chi connectivity index (χ0n) is 25.1. The van der Waals surface area contributed by atoms with Gasteiger partial charge in [-0.2, -0.15) is 5.26 Å². The fourth-order valence-corrected chi connectivity index (χ4v) is 8.07. The molecule has 0 spiro atoms. The molecule has 0 fully saturated rings. The van der Waals surface area contributed by atoms with Crippen molar-refractivity contribution in [3.05, 3.63) is 162 Å². The van der Waals surface area contributed by atoms with Gasteiger partial charge in [-0.05, 0) is 91.0 Å². The summed E-state index contributed by atoms with van der Waals surface area (Å²) in [5.41, 5.74) is 13.2. The van der Waals surface area contributed by atoms with Gasteiger partial charge in [0, 0.05) is 54.0 Å². The number of hydrogen-bond donors (Lipinski definition) is 0. The van der Waals surface area contributed by atoms with Crippen LogP contribution in [0.25, 0.3) is 55.7 Å². The lowest BCUT2D eigenvalue weighted by atomic mass is 10.0. The lowest BCUT2D eigenvalue weighted by molar-refractivity contribution is 1.10. The molecule has 2 aromatic heterocycles. The van der Waals surface area contributed by atoms with Gasteiger partial charge in [-0.3, -0.25) is 0 Å². The largest absolute Gasteiger partial charge is 0.309 e. The van der Waals surface area contributed by atoms with Crippen molar-refractivity contribution in [1.82, 2.24) is 9.13 Å². The second-order valence-electron chi connectivity index (χ2n) is 11.9. The number of rotatable bonds is 4. The van der Waals surface area contributed by atoms with Gasteiger partial charge in [0.2, 0.25) is 0 Å². The Hall–Kier alpha value is -6.09. The first kappa shape index (κ1) is 26.2. The van der Waals surface area contributed by atoms with Crippen LogP contribution in [0.15, 0.2) is 154 Å².